The fourth-order valence-electron chi connectivity index (χ4n) is 3.37. The van der Waals surface area contributed by atoms with Crippen LogP contribution in [0.5, 0.6) is 5.75 Å². The van der Waals surface area contributed by atoms with E-state index in [1.165, 1.54) is 12.6 Å². The van der Waals surface area contributed by atoms with Crippen molar-refractivity contribution in [3.05, 3.63) is 53.2 Å². The molecule has 0 aliphatic carbocycles. The van der Waals surface area contributed by atoms with E-state index in [-0.39, 0.29) is 5.56 Å². The van der Waals surface area contributed by atoms with Gasteiger partial charge in [-0.3, -0.25) is 0 Å². The summed E-state index contributed by atoms with van der Waals surface area (Å²) in [5.74, 6) is -0.152. The molecule has 3 aromatic rings. The minimum Gasteiger partial charge on any atom is -0.492 e. The zero-order valence-electron chi connectivity index (χ0n) is 14.1. The van der Waals surface area contributed by atoms with Crippen LogP contribution in [0, 0.1) is 0 Å². The number of H-pyrrole nitrogens is 1. The summed E-state index contributed by atoms with van der Waals surface area (Å²) in [6.07, 6.45) is 3.84. The molecule has 0 spiro atoms. The van der Waals surface area contributed by atoms with Gasteiger partial charge < -0.3 is 20.1 Å². The summed E-state index contributed by atoms with van der Waals surface area (Å²) >= 11 is 6.41. The molecule has 4 rings (SSSR count). The number of rotatable bonds is 5. The lowest BCUT2D eigenvalue weighted by Crippen LogP contribution is -2.28. The molecule has 0 unspecified atom stereocenters. The molecule has 6 heteroatoms. The highest BCUT2D eigenvalue weighted by atomic mass is 35.5. The van der Waals surface area contributed by atoms with Crippen LogP contribution in [0.2, 0.25) is 5.02 Å². The third kappa shape index (κ3) is 3.28. The van der Waals surface area contributed by atoms with Gasteiger partial charge in [0.05, 0.1) is 10.6 Å². The Bertz CT molecular complexity index is 944. The van der Waals surface area contributed by atoms with Gasteiger partial charge in [-0.25, -0.2) is 4.79 Å². The highest BCUT2D eigenvalue weighted by Gasteiger charge is 2.15. The first kappa shape index (κ1) is 16.9. The van der Waals surface area contributed by atoms with Crippen molar-refractivity contribution in [2.24, 2.45) is 0 Å². The Morgan fingerprint density at radius 1 is 1.27 bits per heavy atom. The number of ether oxygens (including phenoxy) is 1. The van der Waals surface area contributed by atoms with Gasteiger partial charge in [0, 0.05) is 28.7 Å². The SMILES string of the molecule is O=C(O)c1c[nH]c2cc(Cl)c(-c3ccc(OC[C@@H]4CCCN4)cc3)cc12. The van der Waals surface area contributed by atoms with Gasteiger partial charge in [0.15, 0.2) is 0 Å². The van der Waals surface area contributed by atoms with Gasteiger partial charge >= 0.3 is 5.97 Å². The quantitative estimate of drug-likeness (QED) is 0.625. The lowest BCUT2D eigenvalue weighted by Gasteiger charge is -2.13. The zero-order valence-corrected chi connectivity index (χ0v) is 14.8. The molecule has 134 valence electrons. The van der Waals surface area contributed by atoms with Crippen LogP contribution in [0.4, 0.5) is 0 Å². The van der Waals surface area contributed by atoms with Crippen LogP contribution in [0.3, 0.4) is 0 Å². The Kier molecular flexibility index (Phi) is 4.57. The van der Waals surface area contributed by atoms with Gasteiger partial charge in [-0.2, -0.15) is 0 Å². The molecule has 1 fully saturated rings. The minimum atomic E-state index is -0.964. The molecule has 3 N–H and O–H groups in total. The van der Waals surface area contributed by atoms with Crippen molar-refractivity contribution in [3.63, 3.8) is 0 Å². The average molecular weight is 371 g/mol. The van der Waals surface area contributed by atoms with Gasteiger partial charge in [-0.15, -0.1) is 0 Å². The van der Waals surface area contributed by atoms with Crippen LogP contribution in [-0.4, -0.2) is 35.3 Å². The highest BCUT2D eigenvalue weighted by Crippen LogP contribution is 2.34. The summed E-state index contributed by atoms with van der Waals surface area (Å²) in [5, 5.41) is 13.9. The molecule has 2 heterocycles. The van der Waals surface area contributed by atoms with Crippen LogP contribution >= 0.6 is 11.6 Å². The Labute approximate surface area is 155 Å². The summed E-state index contributed by atoms with van der Waals surface area (Å²) in [6.45, 7) is 1.73. The predicted octanol–water partition coefficient (Wildman–Crippen LogP) is 4.32. The molecule has 1 saturated heterocycles. The van der Waals surface area contributed by atoms with Gasteiger partial charge in [-0.1, -0.05) is 23.7 Å². The largest absolute Gasteiger partial charge is 0.492 e. The number of fused-ring (bicyclic) bond motifs is 1. The Morgan fingerprint density at radius 3 is 2.77 bits per heavy atom. The van der Waals surface area contributed by atoms with Crippen LogP contribution < -0.4 is 10.1 Å². The minimum absolute atomic E-state index is 0.238. The zero-order chi connectivity index (χ0) is 18.1. The molecule has 1 aromatic heterocycles. The number of carboxylic acids is 1. The van der Waals surface area contributed by atoms with E-state index in [4.69, 9.17) is 16.3 Å². The van der Waals surface area contributed by atoms with Crippen molar-refractivity contribution in [1.29, 1.82) is 0 Å². The summed E-state index contributed by atoms with van der Waals surface area (Å²) in [7, 11) is 0. The first-order valence-corrected chi connectivity index (χ1v) is 9.00. The Morgan fingerprint density at radius 2 is 2.08 bits per heavy atom. The molecule has 1 aliphatic heterocycles. The van der Waals surface area contributed by atoms with Crippen molar-refractivity contribution in [1.82, 2.24) is 10.3 Å². The predicted molar refractivity (Wildman–Crippen MR) is 102 cm³/mol. The number of hydrogen-bond acceptors (Lipinski definition) is 3. The van der Waals surface area contributed by atoms with E-state index in [1.807, 2.05) is 30.3 Å². The van der Waals surface area contributed by atoms with Gasteiger partial charge in [0.1, 0.15) is 12.4 Å². The number of aromatic nitrogens is 1. The summed E-state index contributed by atoms with van der Waals surface area (Å²) in [4.78, 5) is 14.3. The van der Waals surface area contributed by atoms with Crippen LogP contribution in [0.15, 0.2) is 42.6 Å². The first-order chi connectivity index (χ1) is 12.6. The molecule has 0 bridgehead atoms. The monoisotopic (exact) mass is 370 g/mol. The molecule has 26 heavy (non-hydrogen) atoms. The number of aromatic carboxylic acids is 1. The Balaban J connectivity index is 1.59. The number of nitrogens with one attached hydrogen (secondary N) is 2. The van der Waals surface area contributed by atoms with Crippen LogP contribution in [-0.2, 0) is 0 Å². The number of aromatic amines is 1. The van der Waals surface area contributed by atoms with E-state index < -0.39 is 5.97 Å². The normalized spacial score (nSPS) is 16.9. The van der Waals surface area contributed by atoms with Gasteiger partial charge in [0.2, 0.25) is 0 Å². The molecule has 0 radical (unpaired) electrons. The maximum Gasteiger partial charge on any atom is 0.337 e. The number of hydrogen-bond donors (Lipinski definition) is 3. The maximum absolute atomic E-state index is 11.4. The fraction of sp³-hybridized carbons (Fsp3) is 0.250. The lowest BCUT2D eigenvalue weighted by molar-refractivity contribution is 0.0699. The number of carboxylic acid groups (broad SMARTS) is 1. The van der Waals surface area contributed by atoms with E-state index in [9.17, 15) is 9.90 Å². The average Bonchev–Trinajstić information content (AvgIpc) is 3.29. The second-order valence-electron chi connectivity index (χ2n) is 6.51. The smallest absolute Gasteiger partial charge is 0.337 e. The molecule has 2 aromatic carbocycles. The van der Waals surface area contributed by atoms with E-state index in [1.54, 1.807) is 6.07 Å². The van der Waals surface area contributed by atoms with Crippen LogP contribution in [0.25, 0.3) is 22.0 Å². The third-order valence-electron chi connectivity index (χ3n) is 4.78. The van der Waals surface area contributed by atoms with E-state index in [0.29, 0.717) is 28.6 Å². The molecule has 0 saturated carbocycles. The van der Waals surface area contributed by atoms with Crippen molar-refractivity contribution in [3.8, 4) is 16.9 Å². The summed E-state index contributed by atoms with van der Waals surface area (Å²) in [5.41, 5.74) is 2.66. The molecule has 0 amide bonds. The summed E-state index contributed by atoms with van der Waals surface area (Å²) in [6, 6.07) is 11.7. The molecular formula is C20H19ClN2O3. The number of carbonyl (C=O) groups is 1. The van der Waals surface area contributed by atoms with Crippen molar-refractivity contribution in [2.75, 3.05) is 13.2 Å². The van der Waals surface area contributed by atoms with E-state index in [0.717, 1.165) is 29.8 Å². The first-order valence-electron chi connectivity index (χ1n) is 8.62. The topological polar surface area (TPSA) is 74.3 Å². The van der Waals surface area contributed by atoms with Crippen LogP contribution in [0.1, 0.15) is 23.2 Å². The van der Waals surface area contributed by atoms with Crippen molar-refractivity contribution < 1.29 is 14.6 Å². The highest BCUT2D eigenvalue weighted by molar-refractivity contribution is 6.34. The van der Waals surface area contributed by atoms with E-state index in [2.05, 4.69) is 10.3 Å². The molecular weight excluding hydrogens is 352 g/mol. The number of halogens is 1. The van der Waals surface area contributed by atoms with Crippen molar-refractivity contribution in [2.45, 2.75) is 18.9 Å². The fourth-order valence-corrected chi connectivity index (χ4v) is 3.64. The van der Waals surface area contributed by atoms with Crippen molar-refractivity contribution >= 4 is 28.5 Å². The third-order valence-corrected chi connectivity index (χ3v) is 5.09. The maximum atomic E-state index is 11.4. The Hall–Kier alpha value is -2.50. The van der Waals surface area contributed by atoms with Gasteiger partial charge in [0.25, 0.3) is 0 Å². The molecule has 5 nitrogen and oxygen atoms in total. The number of benzene rings is 2. The second-order valence-corrected chi connectivity index (χ2v) is 6.92. The summed E-state index contributed by atoms with van der Waals surface area (Å²) < 4.78 is 5.84. The standard InChI is InChI=1S/C20H19ClN2O3/c21-18-9-19-16(17(10-23-19)20(24)25)8-15(18)12-3-5-14(6-4-12)26-11-13-2-1-7-22-13/h3-6,8-10,13,22-23H,1-2,7,11H2,(H,24,25)/t13-/m0/s1. The molecule has 1 aliphatic rings. The molecule has 1 atom stereocenters. The van der Waals surface area contributed by atoms with E-state index >= 15 is 0 Å². The lowest BCUT2D eigenvalue weighted by atomic mass is 10.0. The second kappa shape index (κ2) is 7.02. The van der Waals surface area contributed by atoms with Gasteiger partial charge in [-0.05, 0) is 49.2 Å².